The van der Waals surface area contributed by atoms with Gasteiger partial charge < -0.3 is 0 Å². The Balaban J connectivity index is 1.77. The number of nitrogens with zero attached hydrogens (tertiary/aromatic N) is 2. The van der Waals surface area contributed by atoms with Gasteiger partial charge in [-0.25, -0.2) is 4.98 Å². The van der Waals surface area contributed by atoms with Gasteiger partial charge in [0.05, 0.1) is 16.8 Å². The second kappa shape index (κ2) is 9.02. The van der Waals surface area contributed by atoms with E-state index in [-0.39, 0.29) is 5.91 Å². The summed E-state index contributed by atoms with van der Waals surface area (Å²) in [6.07, 6.45) is 0. The highest BCUT2D eigenvalue weighted by molar-refractivity contribution is 7.99. The lowest BCUT2D eigenvalue weighted by atomic mass is 10.1. The zero-order valence-electron chi connectivity index (χ0n) is 17.4. The van der Waals surface area contributed by atoms with Crippen LogP contribution in [0.25, 0.3) is 10.2 Å². The summed E-state index contributed by atoms with van der Waals surface area (Å²) in [6.45, 7) is 6.79. The summed E-state index contributed by atoms with van der Waals surface area (Å²) >= 11 is 3.33. The Kier molecular flexibility index (Phi) is 6.21. The lowest BCUT2D eigenvalue weighted by Crippen LogP contribution is -2.30. The Morgan fingerprint density at radius 3 is 2.60 bits per heavy atom. The van der Waals surface area contributed by atoms with Crippen molar-refractivity contribution in [1.82, 2.24) is 4.98 Å². The summed E-state index contributed by atoms with van der Waals surface area (Å²) in [4.78, 5) is 21.4. The van der Waals surface area contributed by atoms with Gasteiger partial charge in [-0.3, -0.25) is 9.69 Å². The predicted molar refractivity (Wildman–Crippen MR) is 129 cm³/mol. The first kappa shape index (κ1) is 20.6. The third-order valence-electron chi connectivity index (χ3n) is 4.86. The number of thiazole rings is 1. The average molecular weight is 433 g/mol. The fourth-order valence-electron chi connectivity index (χ4n) is 3.51. The number of benzene rings is 3. The van der Waals surface area contributed by atoms with Gasteiger partial charge in [-0.1, -0.05) is 60.7 Å². The Labute approximate surface area is 185 Å². The molecular formula is C25H24N2OS2. The van der Waals surface area contributed by atoms with Crippen LogP contribution >= 0.6 is 23.1 Å². The molecule has 3 nitrogen and oxygen atoms in total. The third kappa shape index (κ3) is 4.42. The molecule has 0 radical (unpaired) electrons. The van der Waals surface area contributed by atoms with Crippen LogP contribution < -0.4 is 4.90 Å². The summed E-state index contributed by atoms with van der Waals surface area (Å²) in [5, 5.41) is 0.737. The van der Waals surface area contributed by atoms with Crippen LogP contribution in [-0.4, -0.2) is 16.6 Å². The van der Waals surface area contributed by atoms with E-state index in [4.69, 9.17) is 4.98 Å². The van der Waals surface area contributed by atoms with Gasteiger partial charge in [-0.05, 0) is 60.6 Å². The van der Waals surface area contributed by atoms with E-state index >= 15 is 0 Å². The molecule has 0 atom stereocenters. The zero-order chi connectivity index (χ0) is 21.1. The second-order valence-electron chi connectivity index (χ2n) is 7.26. The predicted octanol–water partition coefficient (Wildman–Crippen LogP) is 6.87. The standard InChI is InChI=1S/C25H24N2OS2/c1-4-29-21-12-8-11-20(15-21)24(28)27(16-19-9-6-5-7-10-19)25-26-22-14-17(2)13-18(3)23(22)30-25/h5-15H,4,16H2,1-3H3. The van der Waals surface area contributed by atoms with Crippen molar-refractivity contribution in [2.45, 2.75) is 32.2 Å². The Hall–Kier alpha value is -2.63. The molecule has 5 heteroatoms. The smallest absolute Gasteiger partial charge is 0.260 e. The van der Waals surface area contributed by atoms with Crippen LogP contribution in [0.1, 0.15) is 34.0 Å². The summed E-state index contributed by atoms with van der Waals surface area (Å²) in [5.74, 6) is 0.952. The minimum atomic E-state index is -0.0224. The molecule has 0 N–H and O–H groups in total. The van der Waals surface area contributed by atoms with Crippen LogP contribution in [0.2, 0.25) is 0 Å². The average Bonchev–Trinajstić information content (AvgIpc) is 3.17. The van der Waals surface area contributed by atoms with Gasteiger partial charge in [-0.2, -0.15) is 0 Å². The van der Waals surface area contributed by atoms with E-state index < -0.39 is 0 Å². The number of carbonyl (C=O) groups is 1. The molecule has 4 rings (SSSR count). The molecule has 0 fully saturated rings. The molecule has 0 saturated carbocycles. The van der Waals surface area contributed by atoms with Gasteiger partial charge in [0.1, 0.15) is 0 Å². The molecule has 0 aliphatic heterocycles. The number of aryl methyl sites for hydroxylation is 2. The van der Waals surface area contributed by atoms with Gasteiger partial charge >= 0.3 is 0 Å². The SMILES string of the molecule is CCSc1cccc(C(=O)N(Cc2ccccc2)c2nc3cc(C)cc(C)c3s2)c1. The van der Waals surface area contributed by atoms with Crippen molar-refractivity contribution in [2.24, 2.45) is 0 Å². The molecule has 1 aromatic heterocycles. The molecule has 30 heavy (non-hydrogen) atoms. The van der Waals surface area contributed by atoms with Gasteiger partial charge in [0, 0.05) is 10.5 Å². The number of amides is 1. The number of hydrogen-bond donors (Lipinski definition) is 0. The van der Waals surface area contributed by atoms with Crippen LogP contribution in [0, 0.1) is 13.8 Å². The van der Waals surface area contributed by atoms with Gasteiger partial charge in [0.2, 0.25) is 0 Å². The Morgan fingerprint density at radius 2 is 1.83 bits per heavy atom. The summed E-state index contributed by atoms with van der Waals surface area (Å²) in [6, 6.07) is 22.2. The minimum Gasteiger partial charge on any atom is -0.279 e. The molecule has 152 valence electrons. The van der Waals surface area contributed by atoms with Crippen LogP contribution in [0.15, 0.2) is 71.6 Å². The van der Waals surface area contributed by atoms with Crippen LogP contribution in [0.3, 0.4) is 0 Å². The molecule has 4 aromatic rings. The molecule has 0 saturated heterocycles. The third-order valence-corrected chi connectivity index (χ3v) is 6.97. The first-order valence-electron chi connectivity index (χ1n) is 10.0. The fourth-order valence-corrected chi connectivity index (χ4v) is 5.25. The van der Waals surface area contributed by atoms with E-state index in [9.17, 15) is 4.79 Å². The van der Waals surface area contributed by atoms with Crippen molar-refractivity contribution >= 4 is 44.4 Å². The topological polar surface area (TPSA) is 33.2 Å². The van der Waals surface area contributed by atoms with Crippen LogP contribution in [-0.2, 0) is 6.54 Å². The lowest BCUT2D eigenvalue weighted by molar-refractivity contribution is 0.0985. The van der Waals surface area contributed by atoms with E-state index in [2.05, 4.69) is 39.0 Å². The number of thioether (sulfide) groups is 1. The van der Waals surface area contributed by atoms with E-state index in [0.29, 0.717) is 12.1 Å². The van der Waals surface area contributed by atoms with Crippen molar-refractivity contribution in [1.29, 1.82) is 0 Å². The molecule has 0 aliphatic carbocycles. The second-order valence-corrected chi connectivity index (χ2v) is 9.58. The highest BCUT2D eigenvalue weighted by atomic mass is 32.2. The number of carbonyl (C=O) groups excluding carboxylic acids is 1. The maximum absolute atomic E-state index is 13.6. The number of hydrogen-bond acceptors (Lipinski definition) is 4. The van der Waals surface area contributed by atoms with E-state index in [1.54, 1.807) is 23.1 Å². The van der Waals surface area contributed by atoms with Crippen molar-refractivity contribution in [3.8, 4) is 0 Å². The van der Waals surface area contributed by atoms with Gasteiger partial charge in [0.15, 0.2) is 5.13 Å². The molecular weight excluding hydrogens is 408 g/mol. The first-order chi connectivity index (χ1) is 14.5. The highest BCUT2D eigenvalue weighted by Crippen LogP contribution is 2.34. The first-order valence-corrected chi connectivity index (χ1v) is 11.8. The number of fused-ring (bicyclic) bond motifs is 1. The largest absolute Gasteiger partial charge is 0.279 e. The summed E-state index contributed by atoms with van der Waals surface area (Å²) in [5.41, 5.74) is 5.10. The van der Waals surface area contributed by atoms with Crippen molar-refractivity contribution in [3.63, 3.8) is 0 Å². The van der Waals surface area contributed by atoms with E-state index in [1.807, 2.05) is 53.4 Å². The number of anilines is 1. The molecule has 1 heterocycles. The maximum atomic E-state index is 13.6. The number of aromatic nitrogens is 1. The molecule has 0 unspecified atom stereocenters. The van der Waals surface area contributed by atoms with Crippen molar-refractivity contribution < 1.29 is 4.79 Å². The highest BCUT2D eigenvalue weighted by Gasteiger charge is 2.22. The van der Waals surface area contributed by atoms with Crippen LogP contribution in [0.5, 0.6) is 0 Å². The fraction of sp³-hybridized carbons (Fsp3) is 0.200. The van der Waals surface area contributed by atoms with Gasteiger partial charge in [-0.15, -0.1) is 11.8 Å². The zero-order valence-corrected chi connectivity index (χ0v) is 19.0. The quantitative estimate of drug-likeness (QED) is 0.312. The lowest BCUT2D eigenvalue weighted by Gasteiger charge is -2.20. The van der Waals surface area contributed by atoms with Crippen molar-refractivity contribution in [2.75, 3.05) is 10.7 Å². The molecule has 0 spiro atoms. The van der Waals surface area contributed by atoms with Crippen molar-refractivity contribution in [3.05, 3.63) is 89.0 Å². The Bertz CT molecular complexity index is 1180. The molecule has 0 aliphatic rings. The molecule has 3 aromatic carbocycles. The van der Waals surface area contributed by atoms with Crippen LogP contribution in [0.4, 0.5) is 5.13 Å². The Morgan fingerprint density at radius 1 is 1.03 bits per heavy atom. The molecule has 1 amide bonds. The van der Waals surface area contributed by atoms with E-state index in [0.717, 1.165) is 31.6 Å². The normalized spacial score (nSPS) is 11.0. The summed E-state index contributed by atoms with van der Waals surface area (Å²) < 4.78 is 1.14. The number of rotatable bonds is 6. The maximum Gasteiger partial charge on any atom is 0.260 e. The van der Waals surface area contributed by atoms with Gasteiger partial charge in [0.25, 0.3) is 5.91 Å². The molecule has 0 bridgehead atoms. The van der Waals surface area contributed by atoms with E-state index in [1.165, 1.54) is 11.1 Å². The minimum absolute atomic E-state index is 0.0224. The summed E-state index contributed by atoms with van der Waals surface area (Å²) in [7, 11) is 0. The monoisotopic (exact) mass is 432 g/mol.